The van der Waals surface area contributed by atoms with Crippen LogP contribution in [0.5, 0.6) is 5.75 Å². The van der Waals surface area contributed by atoms with E-state index < -0.39 is 29.3 Å². The second-order valence-corrected chi connectivity index (χ2v) is 10.7. The van der Waals surface area contributed by atoms with Gasteiger partial charge < -0.3 is 31.5 Å². The molecule has 2 aromatic rings. The first-order chi connectivity index (χ1) is 20.1. The summed E-state index contributed by atoms with van der Waals surface area (Å²) in [6.07, 6.45) is 5.01. The smallest absolute Gasteiger partial charge is 0.249 e. The van der Waals surface area contributed by atoms with Crippen molar-refractivity contribution in [1.82, 2.24) is 15.2 Å². The maximum atomic E-state index is 13.7. The zero-order valence-corrected chi connectivity index (χ0v) is 24.7. The van der Waals surface area contributed by atoms with Gasteiger partial charge in [-0.3, -0.25) is 19.4 Å². The highest BCUT2D eigenvalue weighted by Crippen LogP contribution is 2.44. The number of nitrogens with zero attached hydrogens (tertiary/aromatic N) is 2. The molecule has 0 fully saturated rings. The molecule has 0 saturated heterocycles. The molecule has 42 heavy (non-hydrogen) atoms. The van der Waals surface area contributed by atoms with Crippen LogP contribution in [0, 0.1) is 11.3 Å². The predicted molar refractivity (Wildman–Crippen MR) is 161 cm³/mol. The summed E-state index contributed by atoms with van der Waals surface area (Å²) in [6, 6.07) is 12.9. The molecule has 0 spiro atoms. The molecule has 0 saturated carbocycles. The van der Waals surface area contributed by atoms with Gasteiger partial charge in [-0.15, -0.1) is 0 Å². The molecule has 1 unspecified atom stereocenters. The van der Waals surface area contributed by atoms with E-state index in [1.165, 1.54) is 12.2 Å². The number of aliphatic hydroxyl groups excluding tert-OH is 1. The fourth-order valence-electron chi connectivity index (χ4n) is 5.54. The highest BCUT2D eigenvalue weighted by Gasteiger charge is 2.49. The zero-order valence-electron chi connectivity index (χ0n) is 24.7. The van der Waals surface area contributed by atoms with Crippen LogP contribution in [0.15, 0.2) is 72.0 Å². The van der Waals surface area contributed by atoms with Gasteiger partial charge in [0.15, 0.2) is 0 Å². The number of methoxy groups -OCH3 is 1. The lowest BCUT2D eigenvalue weighted by Crippen LogP contribution is -2.52. The van der Waals surface area contributed by atoms with Gasteiger partial charge in [0, 0.05) is 55.1 Å². The lowest BCUT2D eigenvalue weighted by atomic mass is 9.63. The Morgan fingerprint density at radius 3 is 2.45 bits per heavy atom. The summed E-state index contributed by atoms with van der Waals surface area (Å²) in [5, 5.41) is 14.9. The SMILES string of the molecule is CCCN(CCC)C(=O)C1=CC(C(N)=O)=CC(C(N)=O)([C@H](Cc2ccccn2)[C@@H](O)CNCc2cccc(OC)c2)C1. The van der Waals surface area contributed by atoms with E-state index in [4.69, 9.17) is 16.2 Å². The van der Waals surface area contributed by atoms with Crippen LogP contribution in [-0.2, 0) is 27.3 Å². The monoisotopic (exact) mass is 577 g/mol. The molecule has 226 valence electrons. The predicted octanol–water partition coefficient (Wildman–Crippen LogP) is 2.26. The van der Waals surface area contributed by atoms with Gasteiger partial charge in [-0.05, 0) is 61.6 Å². The Morgan fingerprint density at radius 1 is 1.12 bits per heavy atom. The summed E-state index contributed by atoms with van der Waals surface area (Å²) >= 11 is 0. The average molecular weight is 578 g/mol. The fraction of sp³-hybridized carbons (Fsp3) is 0.438. The number of benzene rings is 1. The van der Waals surface area contributed by atoms with Gasteiger partial charge in [0.1, 0.15) is 5.75 Å². The number of ether oxygens (including phenoxy) is 1. The Hall–Kier alpha value is -4.02. The molecule has 0 aliphatic heterocycles. The van der Waals surface area contributed by atoms with Gasteiger partial charge in [0.2, 0.25) is 17.7 Å². The van der Waals surface area contributed by atoms with Gasteiger partial charge in [-0.2, -0.15) is 0 Å². The van der Waals surface area contributed by atoms with E-state index in [-0.39, 0.29) is 36.4 Å². The summed E-state index contributed by atoms with van der Waals surface area (Å²) < 4.78 is 5.30. The Morgan fingerprint density at radius 2 is 1.86 bits per heavy atom. The van der Waals surface area contributed by atoms with E-state index in [2.05, 4.69) is 10.3 Å². The van der Waals surface area contributed by atoms with Crippen LogP contribution in [0.4, 0.5) is 0 Å². The van der Waals surface area contributed by atoms with E-state index >= 15 is 0 Å². The molecule has 3 rings (SSSR count). The summed E-state index contributed by atoms with van der Waals surface area (Å²) in [4.78, 5) is 45.8. The topological polar surface area (TPSA) is 161 Å². The average Bonchev–Trinajstić information content (AvgIpc) is 2.99. The molecule has 1 aromatic carbocycles. The molecule has 0 radical (unpaired) electrons. The van der Waals surface area contributed by atoms with Crippen LogP contribution >= 0.6 is 0 Å². The van der Waals surface area contributed by atoms with Crippen LogP contribution in [0.2, 0.25) is 0 Å². The quantitative estimate of drug-likeness (QED) is 0.238. The number of hydrogen-bond donors (Lipinski definition) is 4. The number of carbonyl (C=O) groups excluding carboxylic acids is 3. The Kier molecular flexibility index (Phi) is 11.8. The summed E-state index contributed by atoms with van der Waals surface area (Å²) in [7, 11) is 1.59. The number of aromatic nitrogens is 1. The zero-order chi connectivity index (χ0) is 30.7. The van der Waals surface area contributed by atoms with Crippen molar-refractivity contribution in [2.24, 2.45) is 22.8 Å². The first-order valence-electron chi connectivity index (χ1n) is 14.4. The Bertz CT molecular complexity index is 1290. The Labute approximate surface area is 247 Å². The number of aliphatic hydroxyl groups is 1. The number of amides is 3. The van der Waals surface area contributed by atoms with Gasteiger partial charge in [0.25, 0.3) is 0 Å². The highest BCUT2D eigenvalue weighted by molar-refractivity contribution is 6.03. The molecular formula is C32H43N5O5. The number of rotatable bonds is 16. The molecule has 10 nitrogen and oxygen atoms in total. The fourth-order valence-corrected chi connectivity index (χ4v) is 5.54. The van der Waals surface area contributed by atoms with Crippen LogP contribution in [0.25, 0.3) is 0 Å². The molecule has 1 aromatic heterocycles. The minimum Gasteiger partial charge on any atom is -0.497 e. The van der Waals surface area contributed by atoms with Crippen molar-refractivity contribution < 1.29 is 24.2 Å². The van der Waals surface area contributed by atoms with Crippen molar-refractivity contribution in [2.45, 2.75) is 52.2 Å². The van der Waals surface area contributed by atoms with Crippen molar-refractivity contribution in [2.75, 3.05) is 26.7 Å². The summed E-state index contributed by atoms with van der Waals surface area (Å²) in [5.74, 6) is -1.95. The first-order valence-corrected chi connectivity index (χ1v) is 14.4. The maximum Gasteiger partial charge on any atom is 0.249 e. The third-order valence-corrected chi connectivity index (χ3v) is 7.62. The lowest BCUT2D eigenvalue weighted by molar-refractivity contribution is -0.132. The van der Waals surface area contributed by atoms with E-state index in [9.17, 15) is 19.5 Å². The van der Waals surface area contributed by atoms with Crippen LogP contribution in [0.1, 0.15) is 44.4 Å². The van der Waals surface area contributed by atoms with Gasteiger partial charge in [0.05, 0.1) is 18.6 Å². The third-order valence-electron chi connectivity index (χ3n) is 7.62. The van der Waals surface area contributed by atoms with Crippen molar-refractivity contribution >= 4 is 17.7 Å². The summed E-state index contributed by atoms with van der Waals surface area (Å²) in [5.41, 5.74) is 12.1. The first kappa shape index (κ1) is 32.5. The second-order valence-electron chi connectivity index (χ2n) is 10.7. The van der Waals surface area contributed by atoms with Crippen molar-refractivity contribution in [3.05, 3.63) is 83.2 Å². The summed E-state index contributed by atoms with van der Waals surface area (Å²) in [6.45, 7) is 5.54. The van der Waals surface area contributed by atoms with Gasteiger partial charge in [-0.25, -0.2) is 0 Å². The molecule has 3 atom stereocenters. The molecule has 6 N–H and O–H groups in total. The van der Waals surface area contributed by atoms with Crippen molar-refractivity contribution in [1.29, 1.82) is 0 Å². The molecule has 10 heteroatoms. The standard InChI is InChI=1S/C32H43N5O5/c1-4-13-37(14-5-2)30(40)24-16-23(29(33)39)18-32(19-24,31(34)41)27(17-25-10-6-7-12-36-25)28(38)21-35-20-22-9-8-11-26(15-22)42-3/h6-12,15-16,18,27-28,35,38H,4-5,13-14,17,19-21H2,1-3H3,(H2,33,39)(H2,34,41)/t27-,28+,32?/m1/s1. The second kappa shape index (κ2) is 15.3. The molecule has 0 bridgehead atoms. The lowest BCUT2D eigenvalue weighted by Gasteiger charge is -2.41. The molecule has 1 aliphatic rings. The maximum absolute atomic E-state index is 13.7. The van der Waals surface area contributed by atoms with E-state index in [0.717, 1.165) is 18.4 Å². The van der Waals surface area contributed by atoms with E-state index in [1.807, 2.05) is 44.2 Å². The van der Waals surface area contributed by atoms with Crippen LogP contribution < -0.4 is 21.5 Å². The van der Waals surface area contributed by atoms with E-state index in [1.54, 1.807) is 30.3 Å². The van der Waals surface area contributed by atoms with Crippen LogP contribution in [-0.4, -0.2) is 65.6 Å². The number of pyridine rings is 1. The van der Waals surface area contributed by atoms with E-state index in [0.29, 0.717) is 31.1 Å². The minimum atomic E-state index is -1.58. The highest BCUT2D eigenvalue weighted by atomic mass is 16.5. The van der Waals surface area contributed by atoms with Crippen molar-refractivity contribution in [3.63, 3.8) is 0 Å². The van der Waals surface area contributed by atoms with Crippen molar-refractivity contribution in [3.8, 4) is 5.75 Å². The number of nitrogens with one attached hydrogen (secondary N) is 1. The minimum absolute atomic E-state index is 0.0129. The van der Waals surface area contributed by atoms with Crippen LogP contribution in [0.3, 0.4) is 0 Å². The van der Waals surface area contributed by atoms with Gasteiger partial charge >= 0.3 is 0 Å². The Balaban J connectivity index is 2.00. The number of primary amides is 2. The molecule has 1 aliphatic carbocycles. The molecule has 1 heterocycles. The largest absolute Gasteiger partial charge is 0.497 e. The molecular weight excluding hydrogens is 534 g/mol. The number of carbonyl (C=O) groups is 3. The molecule has 3 amide bonds. The normalized spacial score (nSPS) is 17.9. The number of nitrogens with two attached hydrogens (primary N) is 2. The van der Waals surface area contributed by atoms with Gasteiger partial charge in [-0.1, -0.05) is 38.1 Å². The third kappa shape index (κ3) is 8.04. The number of hydrogen-bond acceptors (Lipinski definition) is 7.